The monoisotopic (exact) mass is 315 g/mol. The van der Waals surface area contributed by atoms with Crippen LogP contribution in [0.15, 0.2) is 43.1 Å². The van der Waals surface area contributed by atoms with Crippen molar-refractivity contribution in [2.24, 2.45) is 0 Å². The van der Waals surface area contributed by atoms with Crippen LogP contribution < -0.4 is 4.74 Å². The fraction of sp³-hybridized carbons (Fsp3) is 0.222. The number of allylic oxidation sites excluding steroid dienone is 1. The first-order valence-electron chi connectivity index (χ1n) is 7.21. The average Bonchev–Trinajstić information content (AvgIpc) is 2.56. The zero-order valence-electron chi connectivity index (χ0n) is 13.1. The van der Waals surface area contributed by atoms with Crippen LogP contribution in [0.3, 0.4) is 0 Å². The summed E-state index contributed by atoms with van der Waals surface area (Å²) < 4.78 is 24.1. The summed E-state index contributed by atoms with van der Waals surface area (Å²) in [6.45, 7) is 6.04. The molecule has 23 heavy (non-hydrogen) atoms. The number of carbonyl (C=O) groups excluding carboxylic acids is 1. The quantitative estimate of drug-likeness (QED) is 0.601. The Morgan fingerprint density at radius 2 is 2.17 bits per heavy atom. The summed E-state index contributed by atoms with van der Waals surface area (Å²) in [4.78, 5) is 16.1. The largest absolute Gasteiger partial charge is 0.478 e. The van der Waals surface area contributed by atoms with E-state index in [0.717, 1.165) is 0 Å². The van der Waals surface area contributed by atoms with Crippen LogP contribution in [0.1, 0.15) is 22.8 Å². The van der Waals surface area contributed by atoms with Crippen molar-refractivity contribution in [1.82, 2.24) is 4.98 Å². The van der Waals surface area contributed by atoms with E-state index in [0.29, 0.717) is 35.6 Å². The standard InChI is InChI=1S/C18H18FNO3/c1-4-6-14-15(10-13(19)11-16(14)18(21)22-3)12-7-8-20-17(9-12)23-5-2/h4,7-11H,1,5-6H2,2-3H3. The molecule has 0 aliphatic carbocycles. The highest BCUT2D eigenvalue weighted by atomic mass is 19.1. The molecule has 0 fully saturated rings. The number of ether oxygens (including phenoxy) is 2. The highest BCUT2D eigenvalue weighted by molar-refractivity contribution is 5.93. The van der Waals surface area contributed by atoms with Gasteiger partial charge in [0.25, 0.3) is 0 Å². The van der Waals surface area contributed by atoms with Gasteiger partial charge in [-0.2, -0.15) is 0 Å². The molecule has 0 saturated carbocycles. The van der Waals surface area contributed by atoms with Crippen molar-refractivity contribution in [3.05, 3.63) is 60.1 Å². The van der Waals surface area contributed by atoms with Crippen LogP contribution in [-0.4, -0.2) is 24.7 Å². The number of carbonyl (C=O) groups is 1. The maximum Gasteiger partial charge on any atom is 0.338 e. The molecule has 2 aromatic rings. The minimum Gasteiger partial charge on any atom is -0.478 e. The van der Waals surface area contributed by atoms with E-state index in [-0.39, 0.29) is 5.56 Å². The Balaban J connectivity index is 2.65. The number of methoxy groups -OCH3 is 1. The van der Waals surface area contributed by atoms with Crippen LogP contribution in [0.2, 0.25) is 0 Å². The van der Waals surface area contributed by atoms with Crippen molar-refractivity contribution in [3.63, 3.8) is 0 Å². The van der Waals surface area contributed by atoms with Crippen LogP contribution in [0.5, 0.6) is 5.88 Å². The molecule has 0 radical (unpaired) electrons. The van der Waals surface area contributed by atoms with E-state index in [1.165, 1.54) is 19.2 Å². The van der Waals surface area contributed by atoms with Crippen molar-refractivity contribution >= 4 is 5.97 Å². The first-order valence-corrected chi connectivity index (χ1v) is 7.21. The van der Waals surface area contributed by atoms with E-state index < -0.39 is 11.8 Å². The molecule has 0 aliphatic rings. The topological polar surface area (TPSA) is 48.4 Å². The molecule has 0 bridgehead atoms. The van der Waals surface area contributed by atoms with Crippen LogP contribution in [0, 0.1) is 5.82 Å². The molecule has 4 nitrogen and oxygen atoms in total. The number of nitrogens with zero attached hydrogens (tertiary/aromatic N) is 1. The molecule has 0 aliphatic heterocycles. The molecule has 0 unspecified atom stereocenters. The number of benzene rings is 1. The fourth-order valence-corrected chi connectivity index (χ4v) is 2.35. The van der Waals surface area contributed by atoms with Crippen molar-refractivity contribution in [2.45, 2.75) is 13.3 Å². The van der Waals surface area contributed by atoms with Crippen molar-refractivity contribution in [1.29, 1.82) is 0 Å². The SMILES string of the molecule is C=CCc1c(C(=O)OC)cc(F)cc1-c1ccnc(OCC)c1. The van der Waals surface area contributed by atoms with Crippen molar-refractivity contribution in [3.8, 4) is 17.0 Å². The summed E-state index contributed by atoms with van der Waals surface area (Å²) >= 11 is 0. The summed E-state index contributed by atoms with van der Waals surface area (Å²) in [6, 6.07) is 6.02. The number of rotatable bonds is 6. The van der Waals surface area contributed by atoms with Gasteiger partial charge >= 0.3 is 5.97 Å². The van der Waals surface area contributed by atoms with Crippen LogP contribution in [0.4, 0.5) is 4.39 Å². The smallest absolute Gasteiger partial charge is 0.338 e. The highest BCUT2D eigenvalue weighted by Crippen LogP contribution is 2.30. The Morgan fingerprint density at radius 1 is 1.39 bits per heavy atom. The molecule has 0 saturated heterocycles. The van der Waals surface area contributed by atoms with E-state index in [1.807, 2.05) is 6.92 Å². The summed E-state index contributed by atoms with van der Waals surface area (Å²) in [5.74, 6) is -0.650. The van der Waals surface area contributed by atoms with Crippen molar-refractivity contribution in [2.75, 3.05) is 13.7 Å². The van der Waals surface area contributed by atoms with Gasteiger partial charge in [-0.3, -0.25) is 0 Å². The Kier molecular flexibility index (Phi) is 5.46. The van der Waals surface area contributed by atoms with Gasteiger partial charge in [0.15, 0.2) is 0 Å². The van der Waals surface area contributed by atoms with E-state index in [9.17, 15) is 9.18 Å². The Labute approximate surface area is 134 Å². The Bertz CT molecular complexity index is 728. The van der Waals surface area contributed by atoms with E-state index in [2.05, 4.69) is 11.6 Å². The van der Waals surface area contributed by atoms with Gasteiger partial charge in [0.05, 0.1) is 19.3 Å². The van der Waals surface area contributed by atoms with Crippen molar-refractivity contribution < 1.29 is 18.7 Å². The number of pyridine rings is 1. The van der Waals surface area contributed by atoms with Gasteiger partial charge in [-0.1, -0.05) is 6.08 Å². The third-order valence-electron chi connectivity index (χ3n) is 3.31. The second-order valence-corrected chi connectivity index (χ2v) is 4.78. The molecular weight excluding hydrogens is 297 g/mol. The van der Waals surface area contributed by atoms with Gasteiger partial charge in [0, 0.05) is 12.3 Å². The predicted octanol–water partition coefficient (Wildman–Crippen LogP) is 3.80. The number of hydrogen-bond donors (Lipinski definition) is 0. The van der Waals surface area contributed by atoms with Gasteiger partial charge < -0.3 is 9.47 Å². The van der Waals surface area contributed by atoms with Crippen LogP contribution in [-0.2, 0) is 11.2 Å². The summed E-state index contributed by atoms with van der Waals surface area (Å²) in [6.07, 6.45) is 3.65. The molecular formula is C18H18FNO3. The lowest BCUT2D eigenvalue weighted by Crippen LogP contribution is -2.08. The first kappa shape index (κ1) is 16.7. The number of halogens is 1. The van der Waals surface area contributed by atoms with Gasteiger partial charge in [-0.15, -0.1) is 6.58 Å². The van der Waals surface area contributed by atoms with E-state index in [1.54, 1.807) is 24.4 Å². The summed E-state index contributed by atoms with van der Waals surface area (Å²) in [5.41, 5.74) is 2.15. The highest BCUT2D eigenvalue weighted by Gasteiger charge is 2.18. The Morgan fingerprint density at radius 3 is 2.83 bits per heavy atom. The maximum absolute atomic E-state index is 14.0. The average molecular weight is 315 g/mol. The second kappa shape index (κ2) is 7.54. The molecule has 0 N–H and O–H groups in total. The number of aromatic nitrogens is 1. The lowest BCUT2D eigenvalue weighted by molar-refractivity contribution is 0.0599. The fourth-order valence-electron chi connectivity index (χ4n) is 2.35. The molecule has 1 heterocycles. The molecule has 0 spiro atoms. The normalized spacial score (nSPS) is 10.2. The molecule has 5 heteroatoms. The molecule has 0 atom stereocenters. The minimum absolute atomic E-state index is 0.192. The maximum atomic E-state index is 14.0. The zero-order valence-corrected chi connectivity index (χ0v) is 13.1. The molecule has 0 amide bonds. The zero-order chi connectivity index (χ0) is 16.8. The molecule has 2 rings (SSSR count). The summed E-state index contributed by atoms with van der Waals surface area (Å²) in [7, 11) is 1.27. The van der Waals surface area contributed by atoms with Gasteiger partial charge in [-0.25, -0.2) is 14.2 Å². The van der Waals surface area contributed by atoms with Crippen LogP contribution in [0.25, 0.3) is 11.1 Å². The third-order valence-corrected chi connectivity index (χ3v) is 3.31. The third kappa shape index (κ3) is 3.74. The van der Waals surface area contributed by atoms with Gasteiger partial charge in [0.2, 0.25) is 5.88 Å². The van der Waals surface area contributed by atoms with Gasteiger partial charge in [-0.05, 0) is 48.2 Å². The van der Waals surface area contributed by atoms with Crippen LogP contribution >= 0.6 is 0 Å². The number of esters is 1. The molecule has 1 aromatic heterocycles. The lowest BCUT2D eigenvalue weighted by Gasteiger charge is -2.14. The summed E-state index contributed by atoms with van der Waals surface area (Å²) in [5, 5.41) is 0. The second-order valence-electron chi connectivity index (χ2n) is 4.78. The lowest BCUT2D eigenvalue weighted by atomic mass is 9.93. The molecule has 120 valence electrons. The van der Waals surface area contributed by atoms with E-state index in [4.69, 9.17) is 9.47 Å². The van der Waals surface area contributed by atoms with E-state index >= 15 is 0 Å². The number of hydrogen-bond acceptors (Lipinski definition) is 4. The Hall–Kier alpha value is -2.69. The van der Waals surface area contributed by atoms with Gasteiger partial charge in [0.1, 0.15) is 5.82 Å². The predicted molar refractivity (Wildman–Crippen MR) is 86.0 cm³/mol. The molecule has 1 aromatic carbocycles. The minimum atomic E-state index is -0.582. The first-order chi connectivity index (χ1) is 11.1.